The zero-order valence-electron chi connectivity index (χ0n) is 22.4. The van der Waals surface area contributed by atoms with Gasteiger partial charge in [-0.3, -0.25) is 9.59 Å². The van der Waals surface area contributed by atoms with Crippen LogP contribution in [-0.4, -0.2) is 61.2 Å². The number of benzene rings is 1. The number of aryl methyl sites for hydroxylation is 1. The summed E-state index contributed by atoms with van der Waals surface area (Å²) in [6.45, 7) is 8.66. The van der Waals surface area contributed by atoms with Crippen LogP contribution < -0.4 is 5.32 Å². The molecule has 4 rings (SSSR count). The maximum Gasteiger partial charge on any atom is 0.245 e. The van der Waals surface area contributed by atoms with Crippen molar-refractivity contribution >= 4 is 23.4 Å². The van der Waals surface area contributed by atoms with Gasteiger partial charge in [-0.25, -0.2) is 4.68 Å². The van der Waals surface area contributed by atoms with Crippen LogP contribution in [0.4, 0.5) is 0 Å². The second-order valence-electron chi connectivity index (χ2n) is 11.7. The van der Waals surface area contributed by atoms with Crippen LogP contribution >= 0.6 is 11.6 Å². The van der Waals surface area contributed by atoms with Crippen molar-refractivity contribution < 1.29 is 14.7 Å². The minimum atomic E-state index is -1.09. The summed E-state index contributed by atoms with van der Waals surface area (Å²) in [5.41, 5.74) is -0.884. The summed E-state index contributed by atoms with van der Waals surface area (Å²) in [4.78, 5) is 28.9. The Balaban J connectivity index is 1.44. The number of rotatable bonds is 6. The highest BCUT2D eigenvalue weighted by Gasteiger charge is 2.50. The number of aliphatic hydroxyl groups is 1. The lowest BCUT2D eigenvalue weighted by Gasteiger charge is -2.51. The molecule has 1 aliphatic carbocycles. The average Bonchev–Trinajstić information content (AvgIpc) is 3.29. The topological polar surface area (TPSA) is 113 Å². The largest absolute Gasteiger partial charge is 0.384 e. The predicted octanol–water partition coefficient (Wildman–Crippen LogP) is 3.42. The smallest absolute Gasteiger partial charge is 0.245 e. The van der Waals surface area contributed by atoms with Gasteiger partial charge < -0.3 is 15.3 Å². The molecule has 1 saturated heterocycles. The number of carbonyl (C=O) groups excluding carboxylic acids is 2. The number of likely N-dealkylation sites (tertiary alicyclic amines) is 1. The standard InChI is InChI=1S/C27H39ClN6O3/c1-17(2)22(29-24(35)19-8-6-7-18(15-19)23-30-31-32-33(23)5)25(36)34-14-13-27(37,26(3,4)16-34)20-9-11-21(28)12-10-20/h9-12,17-19,22,37H,6-8,13-16H2,1-5H3,(H,29,35)/t18-,19+,22?,27?/m1/s1. The first-order valence-electron chi connectivity index (χ1n) is 13.2. The highest BCUT2D eigenvalue weighted by atomic mass is 35.5. The maximum absolute atomic E-state index is 13.7. The van der Waals surface area contributed by atoms with Crippen LogP contribution in [0.3, 0.4) is 0 Å². The number of nitrogens with zero attached hydrogens (tertiary/aromatic N) is 5. The summed E-state index contributed by atoms with van der Waals surface area (Å²) in [5, 5.41) is 27.2. The molecule has 2 amide bonds. The minimum absolute atomic E-state index is 0.0704. The number of carbonyl (C=O) groups is 2. The summed E-state index contributed by atoms with van der Waals surface area (Å²) < 4.78 is 1.68. The van der Waals surface area contributed by atoms with E-state index >= 15 is 0 Å². The molecule has 1 aromatic carbocycles. The Morgan fingerprint density at radius 1 is 1.19 bits per heavy atom. The van der Waals surface area contributed by atoms with E-state index < -0.39 is 17.1 Å². The minimum Gasteiger partial charge on any atom is -0.384 e. The van der Waals surface area contributed by atoms with Crippen molar-refractivity contribution in [2.75, 3.05) is 13.1 Å². The van der Waals surface area contributed by atoms with Crippen LogP contribution in [-0.2, 0) is 22.2 Å². The molecule has 202 valence electrons. The third-order valence-corrected chi connectivity index (χ3v) is 8.63. The molecule has 0 bridgehead atoms. The van der Waals surface area contributed by atoms with Gasteiger partial charge >= 0.3 is 0 Å². The van der Waals surface area contributed by atoms with E-state index in [1.807, 2.05) is 46.9 Å². The predicted molar refractivity (Wildman–Crippen MR) is 141 cm³/mol. The molecule has 37 heavy (non-hydrogen) atoms. The van der Waals surface area contributed by atoms with Gasteiger partial charge in [-0.2, -0.15) is 0 Å². The lowest BCUT2D eigenvalue weighted by molar-refractivity contribution is -0.157. The quantitative estimate of drug-likeness (QED) is 0.591. The fourth-order valence-electron chi connectivity index (χ4n) is 6.00. The number of halogens is 1. The second-order valence-corrected chi connectivity index (χ2v) is 12.1. The van der Waals surface area contributed by atoms with E-state index in [2.05, 4.69) is 20.8 Å². The molecule has 2 N–H and O–H groups in total. The van der Waals surface area contributed by atoms with Crippen molar-refractivity contribution in [1.29, 1.82) is 0 Å². The molecule has 1 aromatic heterocycles. The summed E-state index contributed by atoms with van der Waals surface area (Å²) in [6, 6.07) is 6.65. The van der Waals surface area contributed by atoms with E-state index in [-0.39, 0.29) is 29.6 Å². The number of tetrazole rings is 1. The van der Waals surface area contributed by atoms with Gasteiger partial charge in [-0.15, -0.1) is 5.10 Å². The fourth-order valence-corrected chi connectivity index (χ4v) is 6.12. The van der Waals surface area contributed by atoms with Gasteiger partial charge in [0.05, 0.1) is 5.60 Å². The van der Waals surface area contributed by atoms with Gasteiger partial charge in [0.15, 0.2) is 5.82 Å². The highest BCUT2D eigenvalue weighted by molar-refractivity contribution is 6.30. The van der Waals surface area contributed by atoms with E-state index in [9.17, 15) is 14.7 Å². The number of aromatic nitrogens is 4. The van der Waals surface area contributed by atoms with Gasteiger partial charge in [0.25, 0.3) is 0 Å². The highest BCUT2D eigenvalue weighted by Crippen LogP contribution is 2.46. The van der Waals surface area contributed by atoms with Crippen molar-refractivity contribution in [3.05, 3.63) is 40.7 Å². The Kier molecular flexibility index (Phi) is 7.95. The second kappa shape index (κ2) is 10.7. The molecule has 2 unspecified atom stereocenters. The molecule has 10 heteroatoms. The first kappa shape index (κ1) is 27.5. The van der Waals surface area contributed by atoms with Gasteiger partial charge in [0, 0.05) is 42.4 Å². The summed E-state index contributed by atoms with van der Waals surface area (Å²) >= 11 is 6.06. The van der Waals surface area contributed by atoms with E-state index in [0.717, 1.165) is 30.7 Å². The number of piperidine rings is 1. The van der Waals surface area contributed by atoms with Crippen LogP contribution in [0.2, 0.25) is 5.02 Å². The zero-order valence-corrected chi connectivity index (χ0v) is 23.2. The molecular weight excluding hydrogens is 492 g/mol. The molecule has 2 aromatic rings. The Morgan fingerprint density at radius 3 is 2.49 bits per heavy atom. The third-order valence-electron chi connectivity index (χ3n) is 8.38. The van der Waals surface area contributed by atoms with Crippen LogP contribution in [0.5, 0.6) is 0 Å². The fraction of sp³-hybridized carbons (Fsp3) is 0.667. The van der Waals surface area contributed by atoms with Gasteiger partial charge in [0.2, 0.25) is 11.8 Å². The van der Waals surface area contributed by atoms with Crippen LogP contribution in [0.1, 0.15) is 77.1 Å². The lowest BCUT2D eigenvalue weighted by Crippen LogP contribution is -2.60. The molecule has 1 saturated carbocycles. The van der Waals surface area contributed by atoms with Gasteiger partial charge in [0.1, 0.15) is 6.04 Å². The van der Waals surface area contributed by atoms with Crippen LogP contribution in [0, 0.1) is 17.3 Å². The van der Waals surface area contributed by atoms with Crippen molar-refractivity contribution in [2.24, 2.45) is 24.3 Å². The Hall–Kier alpha value is -2.52. The lowest BCUT2D eigenvalue weighted by atomic mass is 9.66. The van der Waals surface area contributed by atoms with Crippen LogP contribution in [0.25, 0.3) is 0 Å². The summed E-state index contributed by atoms with van der Waals surface area (Å²) in [7, 11) is 1.82. The Morgan fingerprint density at radius 2 is 1.89 bits per heavy atom. The van der Waals surface area contributed by atoms with Crippen LogP contribution in [0.15, 0.2) is 24.3 Å². The van der Waals surface area contributed by atoms with E-state index in [1.165, 1.54) is 0 Å². The molecule has 2 heterocycles. The van der Waals surface area contributed by atoms with E-state index in [4.69, 9.17) is 11.6 Å². The van der Waals surface area contributed by atoms with Crippen molar-refractivity contribution in [2.45, 2.75) is 77.4 Å². The first-order valence-corrected chi connectivity index (χ1v) is 13.6. The molecule has 0 spiro atoms. The normalized spacial score (nSPS) is 26.6. The van der Waals surface area contributed by atoms with E-state index in [1.54, 1.807) is 21.7 Å². The van der Waals surface area contributed by atoms with Crippen molar-refractivity contribution in [1.82, 2.24) is 30.4 Å². The molecule has 9 nitrogen and oxygen atoms in total. The summed E-state index contributed by atoms with van der Waals surface area (Å²) in [6.07, 6.45) is 3.73. The number of nitrogens with one attached hydrogen (secondary N) is 1. The zero-order chi connectivity index (χ0) is 27.0. The van der Waals surface area contributed by atoms with E-state index in [0.29, 0.717) is 31.0 Å². The Bertz CT molecular complexity index is 1120. The maximum atomic E-state index is 13.7. The number of hydrogen-bond acceptors (Lipinski definition) is 6. The molecular formula is C27H39ClN6O3. The summed E-state index contributed by atoms with van der Waals surface area (Å²) in [5.74, 6) is 0.500. The monoisotopic (exact) mass is 530 g/mol. The SMILES string of the molecule is CC(C)C(NC(=O)[C@H]1CCC[C@@H](c2nnnn2C)C1)C(=O)N1CCC(O)(c2ccc(Cl)cc2)C(C)(C)C1. The molecule has 0 radical (unpaired) electrons. The Labute approximate surface area is 223 Å². The van der Waals surface area contributed by atoms with Gasteiger partial charge in [-0.1, -0.05) is 57.8 Å². The first-order chi connectivity index (χ1) is 17.4. The molecule has 2 aliphatic rings. The van der Waals surface area contributed by atoms with Crippen molar-refractivity contribution in [3.63, 3.8) is 0 Å². The molecule has 2 fully saturated rings. The molecule has 4 atom stereocenters. The molecule has 1 aliphatic heterocycles. The number of hydrogen-bond donors (Lipinski definition) is 2. The number of amides is 2. The third kappa shape index (κ3) is 5.53. The average molecular weight is 531 g/mol. The van der Waals surface area contributed by atoms with Crippen molar-refractivity contribution in [3.8, 4) is 0 Å². The van der Waals surface area contributed by atoms with Gasteiger partial charge in [-0.05, 0) is 59.7 Å².